The second kappa shape index (κ2) is 21.2. The quantitative estimate of drug-likeness (QED) is 0.0330. The molecule has 0 bridgehead atoms. The van der Waals surface area contributed by atoms with E-state index in [1.54, 1.807) is 66.6 Å². The molecule has 3 aromatic rings. The Bertz CT molecular complexity index is 2210. The summed E-state index contributed by atoms with van der Waals surface area (Å²) in [5.41, 5.74) is 3.14. The lowest BCUT2D eigenvalue weighted by atomic mass is 9.55. The molecular weight excluding hydrogens is 813 g/mol. The molecule has 1 aliphatic heterocycles. The third-order valence-corrected chi connectivity index (χ3v) is 12.0. The molecule has 1 saturated carbocycles. The molecule has 336 valence electrons. The van der Waals surface area contributed by atoms with Crippen LogP contribution in [0.2, 0.25) is 0 Å². The number of benzene rings is 3. The Balaban J connectivity index is 1.46. The Morgan fingerprint density at radius 1 is 1.00 bits per heavy atom. The number of methoxy groups -OCH3 is 2. The first-order valence-electron chi connectivity index (χ1n) is 21.0. The van der Waals surface area contributed by atoms with Crippen molar-refractivity contribution < 1.29 is 53.2 Å². The van der Waals surface area contributed by atoms with Gasteiger partial charge in [-0.05, 0) is 97.2 Å². The van der Waals surface area contributed by atoms with E-state index in [0.29, 0.717) is 53.5 Å². The number of nitrogens with one attached hydrogen (secondary N) is 1. The summed E-state index contributed by atoms with van der Waals surface area (Å²) in [4.78, 5) is 45.5. The van der Waals surface area contributed by atoms with Gasteiger partial charge in [0.05, 0.1) is 43.1 Å². The van der Waals surface area contributed by atoms with Crippen molar-refractivity contribution in [3.8, 4) is 23.0 Å². The number of rotatable bonds is 20. The lowest BCUT2D eigenvalue weighted by Gasteiger charge is -2.59. The maximum Gasteiger partial charge on any atom is 0.417 e. The van der Waals surface area contributed by atoms with E-state index in [0.717, 1.165) is 30.4 Å². The lowest BCUT2D eigenvalue weighted by molar-refractivity contribution is -0.384. The molecule has 0 aromatic heterocycles. The minimum atomic E-state index is -1.49. The number of hydrogen-bond donors (Lipinski definition) is 3. The van der Waals surface area contributed by atoms with Crippen LogP contribution in [0.1, 0.15) is 62.0 Å². The number of oxime groups is 1. The summed E-state index contributed by atoms with van der Waals surface area (Å²) in [6.07, 6.45) is 10.4. The van der Waals surface area contributed by atoms with Gasteiger partial charge in [0.2, 0.25) is 11.7 Å². The van der Waals surface area contributed by atoms with Crippen LogP contribution in [-0.4, -0.2) is 97.8 Å². The monoisotopic (exact) mass is 868 g/mol. The van der Waals surface area contributed by atoms with Crippen molar-refractivity contribution >= 4 is 35.2 Å². The van der Waals surface area contributed by atoms with E-state index >= 15 is 0 Å². The van der Waals surface area contributed by atoms with Gasteiger partial charge in [-0.1, -0.05) is 30.1 Å². The number of non-ortho nitro benzene ring substituents is 1. The van der Waals surface area contributed by atoms with Gasteiger partial charge in [0.1, 0.15) is 36.1 Å². The van der Waals surface area contributed by atoms with E-state index < -0.39 is 28.8 Å². The van der Waals surface area contributed by atoms with Crippen LogP contribution in [0.15, 0.2) is 96.2 Å². The number of carbonyl (C=O) groups is 2. The molecule has 16 heteroatoms. The number of aliphatic hydroxyl groups excluding tert-OH is 2. The summed E-state index contributed by atoms with van der Waals surface area (Å²) in [6.45, 7) is 4.11. The van der Waals surface area contributed by atoms with Crippen molar-refractivity contribution in [1.82, 2.24) is 4.90 Å². The number of unbranched alkanes of at least 4 members (excludes halogenated alkanes) is 2. The zero-order valence-corrected chi connectivity index (χ0v) is 36.1. The van der Waals surface area contributed by atoms with Crippen LogP contribution < -0.4 is 24.3 Å². The fourth-order valence-electron chi connectivity index (χ4n) is 9.19. The van der Waals surface area contributed by atoms with Crippen LogP contribution in [0.4, 0.5) is 16.2 Å². The molecule has 0 saturated heterocycles. The van der Waals surface area contributed by atoms with E-state index in [1.165, 1.54) is 39.5 Å². The van der Waals surface area contributed by atoms with Crippen molar-refractivity contribution in [3.05, 3.63) is 112 Å². The van der Waals surface area contributed by atoms with Gasteiger partial charge in [-0.25, -0.2) is 4.79 Å². The number of likely N-dealkylation sites (N-methyl/N-ethyl adjacent to an activating group) is 1. The number of aliphatic hydroxyl groups is 2. The molecule has 2 aliphatic carbocycles. The van der Waals surface area contributed by atoms with Gasteiger partial charge in [0.25, 0.3) is 5.69 Å². The zero-order chi connectivity index (χ0) is 45.1. The molecule has 0 spiro atoms. The van der Waals surface area contributed by atoms with Crippen LogP contribution in [0, 0.1) is 27.9 Å². The Hall–Kier alpha value is -6.23. The molecule has 3 N–H and O–H groups in total. The highest BCUT2D eigenvalue weighted by atomic mass is 16.7. The molecule has 63 heavy (non-hydrogen) atoms. The summed E-state index contributed by atoms with van der Waals surface area (Å²) in [7, 11) is 6.16. The number of nitro groups is 1. The maximum absolute atomic E-state index is 14.2. The summed E-state index contributed by atoms with van der Waals surface area (Å²) < 4.78 is 30.7. The summed E-state index contributed by atoms with van der Waals surface area (Å²) in [5.74, 6) is -1.20. The SMILES string of the molecule is C=CCO[C@@]12Oc3ccc(OC(=O)Nc4ccc(OC)cc4OC)cc3[C@H]3[C@H](CCCCO)[C@@H](CCCCO)C=C(C(=NOC)C[C@@H]1N(C)C(=O)C=Cc1ccc([N+](=O)[O-])cc1)[C@H]32. The van der Waals surface area contributed by atoms with Gasteiger partial charge in [-0.2, -0.15) is 0 Å². The molecule has 3 aromatic carbocycles. The minimum absolute atomic E-state index is 0.00689. The second-order valence-electron chi connectivity index (χ2n) is 15.7. The molecule has 1 fully saturated rings. The van der Waals surface area contributed by atoms with Gasteiger partial charge in [-0.3, -0.25) is 20.2 Å². The van der Waals surface area contributed by atoms with Crippen molar-refractivity contribution in [3.63, 3.8) is 0 Å². The van der Waals surface area contributed by atoms with Crippen LogP contribution >= 0.6 is 0 Å². The Labute approximate surface area is 366 Å². The normalized spacial score (nSPS) is 22.8. The number of anilines is 1. The Kier molecular flexibility index (Phi) is 15.6. The Morgan fingerprint density at radius 3 is 2.40 bits per heavy atom. The molecule has 6 atom stereocenters. The highest BCUT2D eigenvalue weighted by Crippen LogP contribution is 2.61. The van der Waals surface area contributed by atoms with Crippen LogP contribution in [0.3, 0.4) is 0 Å². The number of allylic oxidation sites excluding steroid dienone is 1. The Morgan fingerprint density at radius 2 is 1.73 bits per heavy atom. The van der Waals surface area contributed by atoms with Gasteiger partial charge >= 0.3 is 6.09 Å². The molecule has 6 rings (SSSR count). The molecular formula is C47H56N4O12. The third kappa shape index (κ3) is 10.2. The van der Waals surface area contributed by atoms with Crippen molar-refractivity contribution in [2.24, 2.45) is 22.9 Å². The van der Waals surface area contributed by atoms with Crippen molar-refractivity contribution in [1.29, 1.82) is 0 Å². The number of carbonyl (C=O) groups excluding carboxylic acids is 2. The number of nitrogens with zero attached hydrogens (tertiary/aromatic N) is 3. The average Bonchev–Trinajstić information content (AvgIpc) is 3.29. The van der Waals surface area contributed by atoms with Crippen molar-refractivity contribution in [2.45, 2.75) is 62.7 Å². The van der Waals surface area contributed by atoms with E-state index in [9.17, 15) is 29.9 Å². The zero-order valence-electron chi connectivity index (χ0n) is 36.1. The fraction of sp³-hybridized carbons (Fsp3) is 0.426. The van der Waals surface area contributed by atoms with Gasteiger partial charge in [0.15, 0.2) is 0 Å². The molecule has 2 amide bonds. The number of fused-ring (bicyclic) bond motifs is 2. The first kappa shape index (κ1) is 46.3. The molecule has 1 heterocycles. The summed E-state index contributed by atoms with van der Waals surface area (Å²) >= 11 is 0. The van der Waals surface area contributed by atoms with E-state index in [-0.39, 0.29) is 61.3 Å². The average molecular weight is 869 g/mol. The molecule has 3 aliphatic rings. The van der Waals surface area contributed by atoms with E-state index in [2.05, 4.69) is 23.1 Å². The predicted octanol–water partition coefficient (Wildman–Crippen LogP) is 7.66. The lowest BCUT2D eigenvalue weighted by Crippen LogP contribution is -2.69. The molecule has 0 radical (unpaired) electrons. The standard InChI is InChI=1S/C47H56N4O12/c1-6-25-61-47-42(50(2)43(54)22-15-30-13-16-32(17-14-30)51(56)57)29-39(49-60-5)36-26-31(11-7-9-23-52)35(12-8-10-24-53)44(45(36)47)37-27-34(19-21-40(37)63-47)62-46(55)48-38-20-18-33(58-3)28-41(38)59-4/h6,13-22,26-28,31,35,42,44-45,52-53H,1,7-12,23-25,29H2,2-5H3,(H,48,55)/t31-,35+,42-,44+,45+,47+/m0/s1. The predicted molar refractivity (Wildman–Crippen MR) is 236 cm³/mol. The first-order valence-corrected chi connectivity index (χ1v) is 21.0. The van der Waals surface area contributed by atoms with E-state index in [1.807, 2.05) is 6.07 Å². The van der Waals surface area contributed by atoms with Crippen LogP contribution in [0.5, 0.6) is 23.0 Å². The minimum Gasteiger partial charge on any atom is -0.497 e. The number of amides is 2. The maximum atomic E-state index is 14.2. The highest BCUT2D eigenvalue weighted by molar-refractivity contribution is 6.03. The largest absolute Gasteiger partial charge is 0.497 e. The topological polar surface area (TPSA) is 201 Å². The number of hydrogen-bond acceptors (Lipinski definition) is 13. The van der Waals surface area contributed by atoms with Crippen molar-refractivity contribution in [2.75, 3.05) is 53.5 Å². The summed E-state index contributed by atoms with van der Waals surface area (Å²) in [5, 5.41) is 38.3. The first-order chi connectivity index (χ1) is 30.5. The fourth-order valence-corrected chi connectivity index (χ4v) is 9.19. The van der Waals surface area contributed by atoms with E-state index in [4.69, 9.17) is 28.5 Å². The van der Waals surface area contributed by atoms with Crippen LogP contribution in [0.25, 0.3) is 6.08 Å². The van der Waals surface area contributed by atoms with Gasteiger partial charge in [0, 0.05) is 62.4 Å². The smallest absolute Gasteiger partial charge is 0.417 e. The number of ether oxygens (including phenoxy) is 5. The van der Waals surface area contributed by atoms with Gasteiger partial charge in [-0.15, -0.1) is 6.58 Å². The highest BCUT2D eigenvalue weighted by Gasteiger charge is 2.65. The summed E-state index contributed by atoms with van der Waals surface area (Å²) in [6, 6.07) is 15.3. The second-order valence-corrected chi connectivity index (χ2v) is 15.7. The molecule has 16 nitrogen and oxygen atoms in total. The number of nitro benzene ring substituents is 1. The third-order valence-electron chi connectivity index (χ3n) is 12.0. The molecule has 0 unspecified atom stereocenters. The van der Waals surface area contributed by atoms with Gasteiger partial charge < -0.3 is 43.6 Å². The van der Waals surface area contributed by atoms with Crippen LogP contribution in [-0.2, 0) is 14.4 Å².